The first-order valence-corrected chi connectivity index (χ1v) is 4.74. The molecule has 0 saturated carbocycles. The molecule has 0 fully saturated rings. The lowest BCUT2D eigenvalue weighted by Gasteiger charge is -2.04. The van der Waals surface area contributed by atoms with Crippen molar-refractivity contribution in [3.05, 3.63) is 45.5 Å². The number of esters is 1. The average Bonchev–Trinajstić information content (AvgIpc) is 2.36. The van der Waals surface area contributed by atoms with Crippen LogP contribution in [0.2, 0.25) is 0 Å². The van der Waals surface area contributed by atoms with Crippen molar-refractivity contribution in [2.45, 2.75) is 0 Å². The summed E-state index contributed by atoms with van der Waals surface area (Å²) in [5.74, 6) is -5.67. The van der Waals surface area contributed by atoms with Crippen LogP contribution in [0.3, 0.4) is 0 Å². The summed E-state index contributed by atoms with van der Waals surface area (Å²) in [4.78, 5) is 25.2. The van der Waals surface area contributed by atoms with Gasteiger partial charge in [0.1, 0.15) is 5.56 Å². The third-order valence-corrected chi connectivity index (χ3v) is 2.42. The SMILES string of the molecule is COC(=O)c1c[nH]c2c(F)c(F)c(F)cc2c1=O. The third-order valence-electron chi connectivity index (χ3n) is 2.42. The minimum Gasteiger partial charge on any atom is -0.465 e. The summed E-state index contributed by atoms with van der Waals surface area (Å²) in [5.41, 5.74) is -1.87. The monoisotopic (exact) mass is 257 g/mol. The van der Waals surface area contributed by atoms with E-state index in [1.165, 1.54) is 0 Å². The van der Waals surface area contributed by atoms with E-state index in [4.69, 9.17) is 0 Å². The predicted octanol–water partition coefficient (Wildman–Crippen LogP) is 1.73. The maximum Gasteiger partial charge on any atom is 0.343 e. The summed E-state index contributed by atoms with van der Waals surface area (Å²) in [5, 5.41) is -0.464. The fourth-order valence-electron chi connectivity index (χ4n) is 1.53. The summed E-state index contributed by atoms with van der Waals surface area (Å²) in [6.45, 7) is 0. The second kappa shape index (κ2) is 4.17. The first kappa shape index (κ1) is 12.2. The Balaban J connectivity index is 2.88. The average molecular weight is 257 g/mol. The Morgan fingerprint density at radius 1 is 1.28 bits per heavy atom. The van der Waals surface area contributed by atoms with Gasteiger partial charge in [0.2, 0.25) is 5.43 Å². The van der Waals surface area contributed by atoms with E-state index in [1.807, 2.05) is 0 Å². The lowest BCUT2D eigenvalue weighted by molar-refractivity contribution is 0.0599. The van der Waals surface area contributed by atoms with Gasteiger partial charge in [0, 0.05) is 6.20 Å². The maximum atomic E-state index is 13.4. The number of benzene rings is 1. The molecule has 4 nitrogen and oxygen atoms in total. The maximum absolute atomic E-state index is 13.4. The van der Waals surface area contributed by atoms with E-state index in [1.54, 1.807) is 0 Å². The van der Waals surface area contributed by atoms with Crippen molar-refractivity contribution in [3.63, 3.8) is 0 Å². The molecule has 2 rings (SSSR count). The first-order valence-electron chi connectivity index (χ1n) is 4.74. The highest BCUT2D eigenvalue weighted by Crippen LogP contribution is 2.19. The Hall–Kier alpha value is -2.31. The molecule has 0 saturated heterocycles. The molecule has 0 unspecified atom stereocenters. The second-order valence-corrected chi connectivity index (χ2v) is 3.43. The molecular weight excluding hydrogens is 251 g/mol. The number of nitrogens with one attached hydrogen (secondary N) is 1. The van der Waals surface area contributed by atoms with E-state index < -0.39 is 45.3 Å². The molecule has 0 spiro atoms. The first-order chi connectivity index (χ1) is 8.47. The number of hydrogen-bond donors (Lipinski definition) is 1. The number of halogens is 3. The summed E-state index contributed by atoms with van der Waals surface area (Å²) in [7, 11) is 1.05. The summed E-state index contributed by atoms with van der Waals surface area (Å²) >= 11 is 0. The molecule has 1 heterocycles. The Morgan fingerprint density at radius 2 is 1.94 bits per heavy atom. The molecule has 0 radical (unpaired) electrons. The molecule has 0 atom stereocenters. The number of methoxy groups -OCH3 is 1. The van der Waals surface area contributed by atoms with Gasteiger partial charge < -0.3 is 9.72 Å². The highest BCUT2D eigenvalue weighted by atomic mass is 19.2. The van der Waals surface area contributed by atoms with Crippen molar-refractivity contribution in [1.29, 1.82) is 0 Å². The van der Waals surface area contributed by atoms with E-state index >= 15 is 0 Å². The minimum absolute atomic E-state index is 0.421. The number of carbonyl (C=O) groups excluding carboxylic acids is 1. The Morgan fingerprint density at radius 3 is 2.56 bits per heavy atom. The largest absolute Gasteiger partial charge is 0.465 e. The molecule has 1 N–H and O–H groups in total. The van der Waals surface area contributed by atoms with Gasteiger partial charge >= 0.3 is 5.97 Å². The van der Waals surface area contributed by atoms with Gasteiger partial charge in [-0.1, -0.05) is 0 Å². The van der Waals surface area contributed by atoms with Gasteiger partial charge in [-0.05, 0) is 6.07 Å². The summed E-state index contributed by atoms with van der Waals surface area (Å²) in [6, 6.07) is 0.527. The van der Waals surface area contributed by atoms with Crippen molar-refractivity contribution in [1.82, 2.24) is 4.98 Å². The van der Waals surface area contributed by atoms with Crippen LogP contribution >= 0.6 is 0 Å². The minimum atomic E-state index is -1.69. The van der Waals surface area contributed by atoms with Crippen molar-refractivity contribution in [2.24, 2.45) is 0 Å². The normalized spacial score (nSPS) is 10.7. The molecule has 0 amide bonds. The number of H-pyrrole nitrogens is 1. The van der Waals surface area contributed by atoms with Gasteiger partial charge in [0.05, 0.1) is 18.0 Å². The van der Waals surface area contributed by atoms with E-state index in [0.717, 1.165) is 13.3 Å². The zero-order valence-electron chi connectivity index (χ0n) is 9.01. The third kappa shape index (κ3) is 1.64. The number of carbonyl (C=O) groups is 1. The standard InChI is InChI=1S/C11H6F3NO3/c1-18-11(17)5-3-15-9-4(10(5)16)2-6(12)7(13)8(9)14/h2-3H,1H3,(H,15,16). The Labute approximate surface area is 98.0 Å². The lowest BCUT2D eigenvalue weighted by atomic mass is 10.1. The Bertz CT molecular complexity index is 709. The summed E-state index contributed by atoms with van der Waals surface area (Å²) in [6.07, 6.45) is 0.886. The molecule has 2 aromatic rings. The molecule has 0 aliphatic carbocycles. The van der Waals surface area contributed by atoms with Crippen LogP contribution in [0.1, 0.15) is 10.4 Å². The second-order valence-electron chi connectivity index (χ2n) is 3.43. The molecule has 1 aromatic heterocycles. The topological polar surface area (TPSA) is 59.2 Å². The molecule has 0 bridgehead atoms. The molecular formula is C11H6F3NO3. The van der Waals surface area contributed by atoms with Crippen LogP contribution in [0.5, 0.6) is 0 Å². The number of pyridine rings is 1. The smallest absolute Gasteiger partial charge is 0.343 e. The van der Waals surface area contributed by atoms with Crippen molar-refractivity contribution >= 4 is 16.9 Å². The van der Waals surface area contributed by atoms with E-state index in [0.29, 0.717) is 6.07 Å². The number of fused-ring (bicyclic) bond motifs is 1. The molecule has 1 aromatic carbocycles. The molecule has 0 aliphatic heterocycles. The zero-order valence-corrected chi connectivity index (χ0v) is 9.01. The zero-order chi connectivity index (χ0) is 13.4. The van der Waals surface area contributed by atoms with Gasteiger partial charge in [0.25, 0.3) is 0 Å². The number of rotatable bonds is 1. The highest BCUT2D eigenvalue weighted by Gasteiger charge is 2.19. The van der Waals surface area contributed by atoms with Gasteiger partial charge in [-0.15, -0.1) is 0 Å². The van der Waals surface area contributed by atoms with Crippen molar-refractivity contribution in [2.75, 3.05) is 7.11 Å². The van der Waals surface area contributed by atoms with E-state index in [-0.39, 0.29) is 0 Å². The van der Waals surface area contributed by atoms with Crippen LogP contribution in [0.4, 0.5) is 13.2 Å². The van der Waals surface area contributed by atoms with Gasteiger partial charge in [-0.2, -0.15) is 0 Å². The van der Waals surface area contributed by atoms with Crippen LogP contribution in [-0.2, 0) is 4.74 Å². The number of hydrogen-bond acceptors (Lipinski definition) is 3. The van der Waals surface area contributed by atoms with Crippen LogP contribution in [-0.4, -0.2) is 18.1 Å². The van der Waals surface area contributed by atoms with Crippen LogP contribution in [0.25, 0.3) is 10.9 Å². The number of aromatic amines is 1. The van der Waals surface area contributed by atoms with Crippen LogP contribution in [0.15, 0.2) is 17.1 Å². The van der Waals surface area contributed by atoms with Crippen LogP contribution < -0.4 is 5.43 Å². The van der Waals surface area contributed by atoms with E-state index in [2.05, 4.69) is 9.72 Å². The molecule has 7 heteroatoms. The fraction of sp³-hybridized carbons (Fsp3) is 0.0909. The molecule has 18 heavy (non-hydrogen) atoms. The molecule has 0 aliphatic rings. The Kier molecular flexibility index (Phi) is 2.82. The van der Waals surface area contributed by atoms with Gasteiger partial charge in [-0.25, -0.2) is 18.0 Å². The number of aromatic nitrogens is 1. The highest BCUT2D eigenvalue weighted by molar-refractivity contribution is 5.93. The van der Waals surface area contributed by atoms with Gasteiger partial charge in [-0.3, -0.25) is 4.79 Å². The van der Waals surface area contributed by atoms with Crippen molar-refractivity contribution in [3.8, 4) is 0 Å². The summed E-state index contributed by atoms with van der Waals surface area (Å²) < 4.78 is 43.7. The number of ether oxygens (including phenoxy) is 1. The lowest BCUT2D eigenvalue weighted by Crippen LogP contribution is -2.18. The van der Waals surface area contributed by atoms with Crippen LogP contribution in [0, 0.1) is 17.5 Å². The predicted molar refractivity (Wildman–Crippen MR) is 55.8 cm³/mol. The molecule has 94 valence electrons. The quantitative estimate of drug-likeness (QED) is 0.625. The van der Waals surface area contributed by atoms with Gasteiger partial charge in [0.15, 0.2) is 17.5 Å². The van der Waals surface area contributed by atoms with Crippen molar-refractivity contribution < 1.29 is 22.7 Å². The fourth-order valence-corrected chi connectivity index (χ4v) is 1.53. The van der Waals surface area contributed by atoms with E-state index in [9.17, 15) is 22.8 Å².